The molecule has 5 heteroatoms. The fourth-order valence-corrected chi connectivity index (χ4v) is 8.40. The van der Waals surface area contributed by atoms with Crippen LogP contribution in [0.4, 0.5) is 34.1 Å². The molecule has 0 spiro atoms. The van der Waals surface area contributed by atoms with Gasteiger partial charge in [-0.05, 0) is 133 Å². The van der Waals surface area contributed by atoms with E-state index in [2.05, 4.69) is 239 Å². The molecular formula is C55H45N5. The molecule has 290 valence electrons. The molecule has 0 radical (unpaired) electrons. The molecule has 0 aliphatic rings. The molecule has 0 aliphatic carbocycles. The number of rotatable bonds is 11. The van der Waals surface area contributed by atoms with Crippen LogP contribution in [0.15, 0.2) is 211 Å². The van der Waals surface area contributed by atoms with Gasteiger partial charge in [-0.1, -0.05) is 104 Å². The third-order valence-corrected chi connectivity index (χ3v) is 11.0. The third kappa shape index (κ3) is 7.29. The average Bonchev–Trinajstić information content (AvgIpc) is 3.61. The summed E-state index contributed by atoms with van der Waals surface area (Å²) in [5.74, 6) is 0. The number of aromatic nitrogens is 1. The maximum absolute atomic E-state index is 4.51. The Bertz CT molecular complexity index is 2760. The number of fused-ring (bicyclic) bond motifs is 3. The standard InChI is InChI=1S/C55H45N5/c1-39-35-43(36-40(2)55(39)41(3)57-34-33-56-4)42-25-27-48(28-26-42)60-53-31-29-49(58(44-17-9-5-10-18-44)45-19-11-6-12-20-45)37-51(53)52-38-50(30-32-54(52)60)59(46-21-13-7-14-22-46)47-23-15-8-16-24-47/h5-38H,3H2,1-2,4H3/b56-33-,57-34-. The SMILES string of the molecule is C=C(/N=C\C=N/C)c1c(C)cc(-c2ccc(-n3c4ccc(N(c5ccccc5)c5ccccc5)cc4c4cc(N(c5ccccc5)c5ccccc5)ccc43)cc2)cc1C. The molecule has 0 saturated carbocycles. The Morgan fingerprint density at radius 1 is 0.467 bits per heavy atom. The van der Waals surface area contributed by atoms with Gasteiger partial charge < -0.3 is 14.4 Å². The first-order valence-corrected chi connectivity index (χ1v) is 20.2. The number of hydrogen-bond donors (Lipinski definition) is 0. The highest BCUT2D eigenvalue weighted by Crippen LogP contribution is 2.43. The monoisotopic (exact) mass is 775 g/mol. The van der Waals surface area contributed by atoms with Crippen LogP contribution in [0.1, 0.15) is 16.7 Å². The van der Waals surface area contributed by atoms with Crippen LogP contribution in [-0.2, 0) is 0 Å². The second kappa shape index (κ2) is 16.6. The summed E-state index contributed by atoms with van der Waals surface area (Å²) in [6.45, 7) is 8.49. The van der Waals surface area contributed by atoms with Crippen molar-refractivity contribution >= 4 is 74.1 Å². The van der Waals surface area contributed by atoms with Gasteiger partial charge in [-0.25, -0.2) is 0 Å². The summed E-state index contributed by atoms with van der Waals surface area (Å²) in [7, 11) is 1.73. The van der Waals surface area contributed by atoms with Crippen LogP contribution < -0.4 is 9.80 Å². The minimum absolute atomic E-state index is 0.732. The molecule has 0 unspecified atom stereocenters. The molecule has 0 atom stereocenters. The molecule has 9 aromatic rings. The van der Waals surface area contributed by atoms with Gasteiger partial charge in [-0.3, -0.25) is 9.98 Å². The van der Waals surface area contributed by atoms with Crippen LogP contribution in [0.2, 0.25) is 0 Å². The van der Waals surface area contributed by atoms with E-state index in [-0.39, 0.29) is 0 Å². The van der Waals surface area contributed by atoms with Gasteiger partial charge in [0.15, 0.2) is 0 Å². The first-order chi connectivity index (χ1) is 29.5. The van der Waals surface area contributed by atoms with E-state index in [0.29, 0.717) is 0 Å². The largest absolute Gasteiger partial charge is 0.310 e. The molecule has 1 heterocycles. The second-order valence-corrected chi connectivity index (χ2v) is 14.9. The molecule has 60 heavy (non-hydrogen) atoms. The van der Waals surface area contributed by atoms with E-state index in [1.807, 2.05) is 0 Å². The van der Waals surface area contributed by atoms with Crippen molar-refractivity contribution in [3.8, 4) is 16.8 Å². The van der Waals surface area contributed by atoms with Crippen molar-refractivity contribution in [1.82, 2.24) is 4.57 Å². The van der Waals surface area contributed by atoms with Crippen molar-refractivity contribution in [2.75, 3.05) is 16.8 Å². The first kappa shape index (κ1) is 37.8. The predicted octanol–water partition coefficient (Wildman–Crippen LogP) is 14.7. The van der Waals surface area contributed by atoms with Crippen molar-refractivity contribution in [3.05, 3.63) is 217 Å². The van der Waals surface area contributed by atoms with Crippen LogP contribution >= 0.6 is 0 Å². The maximum atomic E-state index is 4.51. The van der Waals surface area contributed by atoms with E-state index in [1.165, 1.54) is 10.8 Å². The highest BCUT2D eigenvalue weighted by Gasteiger charge is 2.20. The van der Waals surface area contributed by atoms with Crippen LogP contribution in [-0.4, -0.2) is 24.0 Å². The molecule has 9 rings (SSSR count). The zero-order chi connectivity index (χ0) is 41.0. The third-order valence-electron chi connectivity index (χ3n) is 11.0. The Balaban J connectivity index is 1.21. The zero-order valence-corrected chi connectivity index (χ0v) is 34.1. The highest BCUT2D eigenvalue weighted by atomic mass is 15.1. The Labute approximate surface area is 352 Å². The van der Waals surface area contributed by atoms with Gasteiger partial charge in [0.05, 0.1) is 16.7 Å². The molecule has 0 N–H and O–H groups in total. The summed E-state index contributed by atoms with van der Waals surface area (Å²) in [6, 6.07) is 69.5. The first-order valence-electron chi connectivity index (χ1n) is 20.2. The molecule has 0 bridgehead atoms. The van der Waals surface area contributed by atoms with E-state index < -0.39 is 0 Å². The molecule has 0 amide bonds. The number of benzene rings is 8. The average molecular weight is 776 g/mol. The quantitative estimate of drug-likeness (QED) is 0.123. The summed E-state index contributed by atoms with van der Waals surface area (Å²) in [5.41, 5.74) is 16.3. The van der Waals surface area contributed by atoms with Crippen LogP contribution in [0.3, 0.4) is 0 Å². The number of nitrogens with zero attached hydrogens (tertiary/aromatic N) is 5. The molecule has 8 aromatic carbocycles. The Morgan fingerprint density at radius 2 is 0.883 bits per heavy atom. The Morgan fingerprint density at radius 3 is 1.28 bits per heavy atom. The summed E-state index contributed by atoms with van der Waals surface area (Å²) in [5, 5.41) is 2.34. The molecule has 5 nitrogen and oxygen atoms in total. The Hall–Kier alpha value is -7.76. The van der Waals surface area contributed by atoms with E-state index in [9.17, 15) is 0 Å². The molecule has 0 fully saturated rings. The van der Waals surface area contributed by atoms with Gasteiger partial charge in [0.1, 0.15) is 0 Å². The molecule has 0 saturated heterocycles. The number of anilines is 6. The number of aliphatic imine (C=N–C) groups is 2. The lowest BCUT2D eigenvalue weighted by Gasteiger charge is -2.26. The second-order valence-electron chi connectivity index (χ2n) is 14.9. The van der Waals surface area contributed by atoms with Crippen molar-refractivity contribution in [1.29, 1.82) is 0 Å². The van der Waals surface area contributed by atoms with Gasteiger partial charge in [0.2, 0.25) is 0 Å². The van der Waals surface area contributed by atoms with Crippen molar-refractivity contribution in [2.24, 2.45) is 9.98 Å². The van der Waals surface area contributed by atoms with Crippen LogP contribution in [0, 0.1) is 13.8 Å². The van der Waals surface area contributed by atoms with Crippen molar-refractivity contribution in [3.63, 3.8) is 0 Å². The summed E-state index contributed by atoms with van der Waals surface area (Å²) < 4.78 is 2.40. The Kier molecular flexibility index (Phi) is 10.5. The van der Waals surface area contributed by atoms with Crippen molar-refractivity contribution < 1.29 is 0 Å². The van der Waals surface area contributed by atoms with Gasteiger partial charge in [0.25, 0.3) is 0 Å². The number of para-hydroxylation sites is 4. The lowest BCUT2D eigenvalue weighted by Crippen LogP contribution is -2.09. The summed E-state index contributed by atoms with van der Waals surface area (Å²) >= 11 is 0. The highest BCUT2D eigenvalue weighted by molar-refractivity contribution is 6.17. The maximum Gasteiger partial charge on any atom is 0.0636 e. The fraction of sp³-hybridized carbons (Fsp3) is 0.0545. The van der Waals surface area contributed by atoms with Crippen LogP contribution in [0.25, 0.3) is 44.3 Å². The molecular weight excluding hydrogens is 731 g/mol. The van der Waals surface area contributed by atoms with E-state index in [4.69, 9.17) is 0 Å². The fourth-order valence-electron chi connectivity index (χ4n) is 8.40. The van der Waals surface area contributed by atoms with Gasteiger partial charge in [-0.15, -0.1) is 0 Å². The lowest BCUT2D eigenvalue weighted by molar-refractivity contribution is 1.18. The smallest absolute Gasteiger partial charge is 0.0636 e. The van der Waals surface area contributed by atoms with E-state index >= 15 is 0 Å². The number of hydrogen-bond acceptors (Lipinski definition) is 4. The molecule has 1 aromatic heterocycles. The van der Waals surface area contributed by atoms with E-state index in [0.717, 1.165) is 84.4 Å². The normalized spacial score (nSPS) is 11.5. The lowest BCUT2D eigenvalue weighted by atomic mass is 9.94. The van der Waals surface area contributed by atoms with Crippen molar-refractivity contribution in [2.45, 2.75) is 13.8 Å². The molecule has 0 aliphatic heterocycles. The van der Waals surface area contributed by atoms with E-state index in [1.54, 1.807) is 19.5 Å². The van der Waals surface area contributed by atoms with Gasteiger partial charge >= 0.3 is 0 Å². The minimum atomic E-state index is 0.732. The van der Waals surface area contributed by atoms with Gasteiger partial charge in [0, 0.05) is 75.6 Å². The number of aryl methyl sites for hydroxylation is 2. The van der Waals surface area contributed by atoms with Gasteiger partial charge in [-0.2, -0.15) is 0 Å². The summed E-state index contributed by atoms with van der Waals surface area (Å²) in [4.78, 5) is 13.2. The minimum Gasteiger partial charge on any atom is -0.310 e. The summed E-state index contributed by atoms with van der Waals surface area (Å²) in [6.07, 6.45) is 3.37. The van der Waals surface area contributed by atoms with Crippen LogP contribution in [0.5, 0.6) is 0 Å². The predicted molar refractivity (Wildman–Crippen MR) is 257 cm³/mol. The topological polar surface area (TPSA) is 36.1 Å². The zero-order valence-electron chi connectivity index (χ0n) is 34.1.